The number of hydrogen-bond acceptors (Lipinski definition) is 3. The van der Waals surface area contributed by atoms with Crippen LogP contribution >= 0.6 is 46.4 Å². The molecule has 0 spiro atoms. The number of hydrazone groups is 1. The fourth-order valence-corrected chi connectivity index (χ4v) is 2.08. The molecule has 0 saturated carbocycles. The second kappa shape index (κ2) is 6.64. The van der Waals surface area contributed by atoms with E-state index in [-0.39, 0.29) is 5.15 Å². The Labute approximate surface area is 136 Å². The molecule has 0 unspecified atom stereocenters. The van der Waals surface area contributed by atoms with Gasteiger partial charge in [0.1, 0.15) is 5.15 Å². The van der Waals surface area contributed by atoms with Crippen LogP contribution in [0.5, 0.6) is 0 Å². The quantitative estimate of drug-likeness (QED) is 0.449. The summed E-state index contributed by atoms with van der Waals surface area (Å²) in [5, 5.41) is 5.67. The highest BCUT2D eigenvalue weighted by Gasteiger charge is 2.07. The normalized spacial score (nSPS) is 11.6. The first-order valence-corrected chi connectivity index (χ1v) is 7.06. The number of hydrogen-bond donors (Lipinski definition) is 1. The van der Waals surface area contributed by atoms with E-state index in [1.54, 1.807) is 12.1 Å². The summed E-state index contributed by atoms with van der Waals surface area (Å²) in [6.45, 7) is 1.85. The van der Waals surface area contributed by atoms with E-state index in [2.05, 4.69) is 15.5 Å². The van der Waals surface area contributed by atoms with Gasteiger partial charge in [0.15, 0.2) is 5.82 Å². The predicted octanol–water partition coefficient (Wildman–Crippen LogP) is 5.53. The molecule has 0 bridgehead atoms. The minimum atomic E-state index is 0.165. The number of pyridine rings is 1. The molecule has 0 aliphatic rings. The number of rotatable bonds is 3. The highest BCUT2D eigenvalue weighted by molar-refractivity contribution is 6.42. The van der Waals surface area contributed by atoms with Gasteiger partial charge in [-0.25, -0.2) is 4.98 Å². The molecule has 0 atom stereocenters. The number of nitrogens with zero attached hydrogens (tertiary/aromatic N) is 2. The minimum Gasteiger partial charge on any atom is -0.260 e. The van der Waals surface area contributed by atoms with Crippen molar-refractivity contribution in [2.75, 3.05) is 5.43 Å². The average Bonchev–Trinajstić information content (AvgIpc) is 2.42. The van der Waals surface area contributed by atoms with Crippen molar-refractivity contribution < 1.29 is 0 Å². The summed E-state index contributed by atoms with van der Waals surface area (Å²) in [5.41, 5.74) is 4.45. The Bertz CT molecular complexity index is 653. The third-order valence-electron chi connectivity index (χ3n) is 2.48. The Hall–Kier alpha value is -1.00. The lowest BCUT2D eigenvalue weighted by Crippen LogP contribution is -2.01. The van der Waals surface area contributed by atoms with Gasteiger partial charge in [-0.3, -0.25) is 5.43 Å². The van der Waals surface area contributed by atoms with Crippen LogP contribution in [-0.2, 0) is 0 Å². The Morgan fingerprint density at radius 1 is 1.05 bits per heavy atom. The van der Waals surface area contributed by atoms with Crippen LogP contribution in [0.25, 0.3) is 0 Å². The van der Waals surface area contributed by atoms with Gasteiger partial charge < -0.3 is 0 Å². The summed E-state index contributed by atoms with van der Waals surface area (Å²) in [6, 6.07) is 8.83. The van der Waals surface area contributed by atoms with E-state index in [1.165, 1.54) is 6.07 Å². The highest BCUT2D eigenvalue weighted by atomic mass is 35.5. The van der Waals surface area contributed by atoms with Gasteiger partial charge in [-0.15, -0.1) is 0 Å². The summed E-state index contributed by atoms with van der Waals surface area (Å²) >= 11 is 23.5. The SMILES string of the molecule is CC(=NNc1nc(Cl)c(Cl)cc1Cl)c1ccc(Cl)cc1. The van der Waals surface area contributed by atoms with Crippen LogP contribution in [-0.4, -0.2) is 10.7 Å². The molecule has 1 aromatic heterocycles. The van der Waals surface area contributed by atoms with Crippen molar-refractivity contribution in [3.05, 3.63) is 56.1 Å². The highest BCUT2D eigenvalue weighted by Crippen LogP contribution is 2.28. The topological polar surface area (TPSA) is 37.3 Å². The van der Waals surface area contributed by atoms with Crippen molar-refractivity contribution in [2.45, 2.75) is 6.92 Å². The summed E-state index contributed by atoms with van der Waals surface area (Å²) < 4.78 is 0. The van der Waals surface area contributed by atoms with Gasteiger partial charge in [-0.05, 0) is 30.7 Å². The van der Waals surface area contributed by atoms with E-state index >= 15 is 0 Å². The number of nitrogens with one attached hydrogen (secondary N) is 1. The molecule has 1 heterocycles. The fraction of sp³-hybridized carbons (Fsp3) is 0.0769. The molecule has 20 heavy (non-hydrogen) atoms. The van der Waals surface area contributed by atoms with Crippen LogP contribution in [0, 0.1) is 0 Å². The number of aromatic nitrogens is 1. The zero-order valence-electron chi connectivity index (χ0n) is 10.3. The minimum absolute atomic E-state index is 0.165. The van der Waals surface area contributed by atoms with Gasteiger partial charge in [0, 0.05) is 5.02 Å². The first-order chi connectivity index (χ1) is 9.47. The van der Waals surface area contributed by atoms with Crippen molar-refractivity contribution in [3.8, 4) is 0 Å². The molecule has 104 valence electrons. The van der Waals surface area contributed by atoms with Gasteiger partial charge in [0.05, 0.1) is 15.8 Å². The number of anilines is 1. The first kappa shape index (κ1) is 15.4. The Morgan fingerprint density at radius 2 is 1.70 bits per heavy atom. The van der Waals surface area contributed by atoms with Gasteiger partial charge in [-0.2, -0.15) is 5.10 Å². The maximum atomic E-state index is 6.00. The van der Waals surface area contributed by atoms with E-state index < -0.39 is 0 Å². The summed E-state index contributed by atoms with van der Waals surface area (Å²) in [4.78, 5) is 4.01. The van der Waals surface area contributed by atoms with Crippen molar-refractivity contribution in [3.63, 3.8) is 0 Å². The van der Waals surface area contributed by atoms with E-state index in [0.717, 1.165) is 11.3 Å². The molecule has 1 N–H and O–H groups in total. The Balaban J connectivity index is 2.20. The van der Waals surface area contributed by atoms with Crippen LogP contribution in [0.3, 0.4) is 0 Å². The smallest absolute Gasteiger partial charge is 0.166 e. The third-order valence-corrected chi connectivity index (χ3v) is 3.69. The number of benzene rings is 1. The zero-order chi connectivity index (χ0) is 14.7. The largest absolute Gasteiger partial charge is 0.260 e. The van der Waals surface area contributed by atoms with Crippen LogP contribution < -0.4 is 5.43 Å². The lowest BCUT2D eigenvalue weighted by Gasteiger charge is -2.06. The summed E-state index contributed by atoms with van der Waals surface area (Å²) in [5.74, 6) is 0.342. The molecule has 0 radical (unpaired) electrons. The second-order valence-corrected chi connectivity index (χ2v) is 5.52. The molecule has 0 fully saturated rings. The van der Waals surface area contributed by atoms with E-state index in [9.17, 15) is 0 Å². The predicted molar refractivity (Wildman–Crippen MR) is 86.6 cm³/mol. The van der Waals surface area contributed by atoms with Crippen LogP contribution in [0.15, 0.2) is 35.4 Å². The van der Waals surface area contributed by atoms with Crippen molar-refractivity contribution in [1.82, 2.24) is 4.98 Å². The Morgan fingerprint density at radius 3 is 2.35 bits per heavy atom. The van der Waals surface area contributed by atoms with Crippen molar-refractivity contribution in [1.29, 1.82) is 0 Å². The maximum absolute atomic E-state index is 6.00. The lowest BCUT2D eigenvalue weighted by atomic mass is 10.1. The standard InChI is InChI=1S/C13H9Cl4N3/c1-7(8-2-4-9(14)5-3-8)19-20-13-11(16)6-10(15)12(17)18-13/h2-6H,1H3,(H,18,20). The Kier molecular flexibility index (Phi) is 5.11. The number of halogens is 4. The van der Waals surface area contributed by atoms with Gasteiger partial charge in [0.2, 0.25) is 0 Å². The second-order valence-electron chi connectivity index (χ2n) is 3.91. The van der Waals surface area contributed by atoms with Crippen LogP contribution in [0.4, 0.5) is 5.82 Å². The van der Waals surface area contributed by atoms with Gasteiger partial charge in [-0.1, -0.05) is 58.5 Å². The molecular formula is C13H9Cl4N3. The lowest BCUT2D eigenvalue weighted by molar-refractivity contribution is 1.22. The van der Waals surface area contributed by atoms with Gasteiger partial charge in [0.25, 0.3) is 0 Å². The average molecular weight is 349 g/mol. The van der Waals surface area contributed by atoms with Crippen molar-refractivity contribution in [2.24, 2.45) is 5.10 Å². The van der Waals surface area contributed by atoms with E-state index in [4.69, 9.17) is 46.4 Å². The monoisotopic (exact) mass is 347 g/mol. The van der Waals surface area contributed by atoms with Crippen LogP contribution in [0.2, 0.25) is 20.2 Å². The van der Waals surface area contributed by atoms with E-state index in [1.807, 2.05) is 19.1 Å². The molecule has 0 aliphatic heterocycles. The molecule has 3 nitrogen and oxygen atoms in total. The summed E-state index contributed by atoms with van der Waals surface area (Å²) in [7, 11) is 0. The molecule has 0 amide bonds. The molecular weight excluding hydrogens is 340 g/mol. The molecule has 2 rings (SSSR count). The third kappa shape index (κ3) is 3.76. The fourth-order valence-electron chi connectivity index (χ4n) is 1.41. The summed E-state index contributed by atoms with van der Waals surface area (Å²) in [6.07, 6.45) is 0. The molecule has 7 heteroatoms. The molecule has 0 saturated heterocycles. The van der Waals surface area contributed by atoms with Crippen molar-refractivity contribution >= 4 is 57.9 Å². The zero-order valence-corrected chi connectivity index (χ0v) is 13.3. The van der Waals surface area contributed by atoms with Crippen LogP contribution in [0.1, 0.15) is 12.5 Å². The molecule has 0 aliphatic carbocycles. The van der Waals surface area contributed by atoms with Gasteiger partial charge >= 0.3 is 0 Å². The van der Waals surface area contributed by atoms with E-state index in [0.29, 0.717) is 20.9 Å². The molecule has 2 aromatic rings. The molecule has 1 aromatic carbocycles. The maximum Gasteiger partial charge on any atom is 0.166 e. The first-order valence-electron chi connectivity index (χ1n) is 5.55.